The third-order valence-corrected chi connectivity index (χ3v) is 3.43. The summed E-state index contributed by atoms with van der Waals surface area (Å²) in [5, 5.41) is 15.2. The average Bonchev–Trinajstić information content (AvgIpc) is 2.84. The Balaban J connectivity index is 2.15. The number of hydrogen-bond acceptors (Lipinski definition) is 6. The fourth-order valence-electron chi connectivity index (χ4n) is 1.56. The Morgan fingerprint density at radius 1 is 1.56 bits per heavy atom. The van der Waals surface area contributed by atoms with Crippen molar-refractivity contribution in [1.29, 1.82) is 0 Å². The van der Waals surface area contributed by atoms with Crippen LogP contribution in [0.15, 0.2) is 5.51 Å². The molecule has 2 rings (SSSR count). The summed E-state index contributed by atoms with van der Waals surface area (Å²) in [6.45, 7) is 2.01. The zero-order chi connectivity index (χ0) is 11.5. The lowest BCUT2D eigenvalue weighted by atomic mass is 10.1. The average molecular weight is 238 g/mol. The molecule has 0 saturated carbocycles. The van der Waals surface area contributed by atoms with Gasteiger partial charge in [-0.2, -0.15) is 4.80 Å². The molecule has 7 heteroatoms. The molecular weight excluding hydrogens is 224 g/mol. The quantitative estimate of drug-likeness (QED) is 0.839. The van der Waals surface area contributed by atoms with Crippen LogP contribution < -0.4 is 5.32 Å². The first-order chi connectivity index (χ1) is 7.70. The predicted octanol–water partition coefficient (Wildman–Crippen LogP) is 0.478. The van der Waals surface area contributed by atoms with Crippen LogP contribution in [0, 0.1) is 6.92 Å². The van der Waals surface area contributed by atoms with E-state index in [1.54, 1.807) is 18.4 Å². The molecule has 1 atom stereocenters. The van der Waals surface area contributed by atoms with Gasteiger partial charge in [0.25, 0.3) is 0 Å². The van der Waals surface area contributed by atoms with Crippen LogP contribution in [0.3, 0.4) is 0 Å². The first-order valence-corrected chi connectivity index (χ1v) is 5.88. The summed E-state index contributed by atoms with van der Waals surface area (Å²) in [5.74, 6) is 0.745. The molecule has 86 valence electrons. The van der Waals surface area contributed by atoms with Gasteiger partial charge in [-0.15, -0.1) is 21.5 Å². The van der Waals surface area contributed by atoms with Gasteiger partial charge in [-0.25, -0.2) is 4.98 Å². The molecule has 0 aliphatic rings. The summed E-state index contributed by atoms with van der Waals surface area (Å²) in [4.78, 5) is 6.95. The molecule has 0 spiro atoms. The summed E-state index contributed by atoms with van der Waals surface area (Å²) >= 11 is 1.65. The van der Waals surface area contributed by atoms with Gasteiger partial charge >= 0.3 is 0 Å². The Morgan fingerprint density at radius 3 is 2.88 bits per heavy atom. The van der Waals surface area contributed by atoms with Gasteiger partial charge in [-0.3, -0.25) is 0 Å². The van der Waals surface area contributed by atoms with E-state index in [1.807, 2.05) is 19.5 Å². The Labute approximate surface area is 97.7 Å². The van der Waals surface area contributed by atoms with Gasteiger partial charge in [0, 0.05) is 11.3 Å². The van der Waals surface area contributed by atoms with E-state index in [-0.39, 0.29) is 6.04 Å². The van der Waals surface area contributed by atoms with Crippen LogP contribution in [-0.4, -0.2) is 32.2 Å². The third-order valence-electron chi connectivity index (χ3n) is 2.38. The van der Waals surface area contributed by atoms with Crippen molar-refractivity contribution in [2.24, 2.45) is 7.05 Å². The molecule has 6 nitrogen and oxygen atoms in total. The zero-order valence-electron chi connectivity index (χ0n) is 9.51. The Bertz CT molecular complexity index is 462. The molecule has 2 heterocycles. The molecular formula is C9H14N6S. The summed E-state index contributed by atoms with van der Waals surface area (Å²) in [6, 6.07) is 0.205. The van der Waals surface area contributed by atoms with E-state index < -0.39 is 0 Å². The van der Waals surface area contributed by atoms with Crippen LogP contribution in [0.25, 0.3) is 0 Å². The first kappa shape index (κ1) is 11.2. The van der Waals surface area contributed by atoms with Crippen LogP contribution in [0.4, 0.5) is 0 Å². The maximum atomic E-state index is 4.25. The van der Waals surface area contributed by atoms with Crippen molar-refractivity contribution in [3.05, 3.63) is 21.9 Å². The molecule has 0 aliphatic carbocycles. The van der Waals surface area contributed by atoms with Crippen molar-refractivity contribution in [1.82, 2.24) is 30.5 Å². The van der Waals surface area contributed by atoms with E-state index in [4.69, 9.17) is 0 Å². The van der Waals surface area contributed by atoms with Crippen LogP contribution in [0.5, 0.6) is 0 Å². The number of nitrogens with zero attached hydrogens (tertiary/aromatic N) is 5. The number of rotatable bonds is 4. The predicted molar refractivity (Wildman–Crippen MR) is 61.2 cm³/mol. The molecule has 1 N–H and O–H groups in total. The van der Waals surface area contributed by atoms with Gasteiger partial charge in [-0.1, -0.05) is 0 Å². The van der Waals surface area contributed by atoms with Gasteiger partial charge < -0.3 is 5.32 Å². The van der Waals surface area contributed by atoms with E-state index >= 15 is 0 Å². The van der Waals surface area contributed by atoms with Crippen molar-refractivity contribution < 1.29 is 0 Å². The van der Waals surface area contributed by atoms with Crippen molar-refractivity contribution >= 4 is 11.3 Å². The molecule has 1 unspecified atom stereocenters. The number of nitrogens with one attached hydrogen (secondary N) is 1. The minimum absolute atomic E-state index is 0.205. The smallest absolute Gasteiger partial charge is 0.176 e. The lowest BCUT2D eigenvalue weighted by molar-refractivity contribution is 0.575. The van der Waals surface area contributed by atoms with Crippen molar-refractivity contribution in [2.45, 2.75) is 19.4 Å². The van der Waals surface area contributed by atoms with E-state index in [0.29, 0.717) is 0 Å². The maximum Gasteiger partial charge on any atom is 0.176 e. The third kappa shape index (κ3) is 2.25. The van der Waals surface area contributed by atoms with E-state index in [0.717, 1.165) is 17.9 Å². The molecule has 16 heavy (non-hydrogen) atoms. The molecule has 0 amide bonds. The van der Waals surface area contributed by atoms with E-state index in [9.17, 15) is 0 Å². The molecule has 0 radical (unpaired) electrons. The number of thiazole rings is 1. The largest absolute Gasteiger partial charge is 0.312 e. The molecule has 0 saturated heterocycles. The van der Waals surface area contributed by atoms with Crippen LogP contribution in [0.1, 0.15) is 22.4 Å². The Morgan fingerprint density at radius 2 is 2.38 bits per heavy atom. The van der Waals surface area contributed by atoms with Crippen LogP contribution in [0.2, 0.25) is 0 Å². The first-order valence-electron chi connectivity index (χ1n) is 5.01. The van der Waals surface area contributed by atoms with Gasteiger partial charge in [0.1, 0.15) is 0 Å². The number of aromatic nitrogens is 5. The molecule has 2 aromatic heterocycles. The number of hydrogen-bond donors (Lipinski definition) is 1. The molecule has 0 fully saturated rings. The monoisotopic (exact) mass is 238 g/mol. The Kier molecular flexibility index (Phi) is 3.25. The highest BCUT2D eigenvalue weighted by molar-refractivity contribution is 7.09. The second-order valence-electron chi connectivity index (χ2n) is 3.54. The summed E-state index contributed by atoms with van der Waals surface area (Å²) in [5.41, 5.74) is 2.92. The van der Waals surface area contributed by atoms with Gasteiger partial charge in [0.05, 0.1) is 24.3 Å². The van der Waals surface area contributed by atoms with Crippen molar-refractivity contribution in [3.8, 4) is 0 Å². The molecule has 2 aromatic rings. The van der Waals surface area contributed by atoms with Gasteiger partial charge in [0.2, 0.25) is 0 Å². The van der Waals surface area contributed by atoms with Gasteiger partial charge in [-0.05, 0) is 19.2 Å². The minimum Gasteiger partial charge on any atom is -0.312 e. The minimum atomic E-state index is 0.205. The normalized spacial score (nSPS) is 12.9. The van der Waals surface area contributed by atoms with Crippen molar-refractivity contribution in [2.75, 3.05) is 7.05 Å². The summed E-state index contributed by atoms with van der Waals surface area (Å²) < 4.78 is 0. The molecule has 0 bridgehead atoms. The fourth-order valence-corrected chi connectivity index (χ4v) is 2.47. The highest BCUT2D eigenvalue weighted by atomic mass is 32.1. The van der Waals surface area contributed by atoms with Crippen molar-refractivity contribution in [3.63, 3.8) is 0 Å². The fraction of sp³-hybridized carbons (Fsp3) is 0.556. The van der Waals surface area contributed by atoms with Crippen LogP contribution in [-0.2, 0) is 13.5 Å². The number of likely N-dealkylation sites (N-methyl/N-ethyl adjacent to an activating group) is 1. The standard InChI is InChI=1S/C9H14N6S/c1-6-9(16-5-11-6)7(10-2)4-8-12-14-15(3)13-8/h5,7,10H,4H2,1-3H3. The van der Waals surface area contributed by atoms with E-state index in [1.165, 1.54) is 9.67 Å². The van der Waals surface area contributed by atoms with Crippen LogP contribution >= 0.6 is 11.3 Å². The molecule has 0 aromatic carbocycles. The lowest BCUT2D eigenvalue weighted by Gasteiger charge is -2.12. The number of tetrazole rings is 1. The lowest BCUT2D eigenvalue weighted by Crippen LogP contribution is -2.19. The molecule has 0 aliphatic heterocycles. The van der Waals surface area contributed by atoms with Gasteiger partial charge in [0.15, 0.2) is 5.82 Å². The Hall–Kier alpha value is -1.34. The summed E-state index contributed by atoms with van der Waals surface area (Å²) in [6.07, 6.45) is 0.730. The van der Waals surface area contributed by atoms with E-state index in [2.05, 4.69) is 25.7 Å². The topological polar surface area (TPSA) is 68.5 Å². The highest BCUT2D eigenvalue weighted by Crippen LogP contribution is 2.23. The SMILES string of the molecule is CNC(Cc1nnn(C)n1)c1scnc1C. The second-order valence-corrected chi connectivity index (χ2v) is 4.43. The number of aryl methyl sites for hydroxylation is 2. The zero-order valence-corrected chi connectivity index (χ0v) is 10.3. The summed E-state index contributed by atoms with van der Waals surface area (Å²) in [7, 11) is 3.70. The maximum absolute atomic E-state index is 4.25. The second kappa shape index (κ2) is 4.67. The highest BCUT2D eigenvalue weighted by Gasteiger charge is 2.17.